The molecule has 1 N–H and O–H groups in total. The Hall–Kier alpha value is -1.09. The summed E-state index contributed by atoms with van der Waals surface area (Å²) in [5, 5.41) is 0.476. The van der Waals surface area contributed by atoms with Crippen LogP contribution in [0.5, 0.6) is 0 Å². The molecule has 2 aromatic heterocycles. The molecule has 0 aliphatic carbocycles. The zero-order chi connectivity index (χ0) is 7.84. The Morgan fingerprint density at radius 2 is 2.18 bits per heavy atom. The van der Waals surface area contributed by atoms with Gasteiger partial charge in [0.2, 0.25) is 0 Å². The fourth-order valence-corrected chi connectivity index (χ4v) is 1.13. The van der Waals surface area contributed by atoms with Crippen molar-refractivity contribution in [1.29, 1.82) is 0 Å². The van der Waals surface area contributed by atoms with Gasteiger partial charge < -0.3 is 4.98 Å². The van der Waals surface area contributed by atoms with E-state index in [1.54, 1.807) is 6.07 Å². The van der Waals surface area contributed by atoms with Crippen LogP contribution in [0, 0.1) is 6.92 Å². The first-order valence-electron chi connectivity index (χ1n) is 3.24. The van der Waals surface area contributed by atoms with E-state index in [1.807, 2.05) is 13.0 Å². The Balaban J connectivity index is 2.82. The third-order valence-corrected chi connectivity index (χ3v) is 1.64. The van der Waals surface area contributed by atoms with Crippen LogP contribution in [0.1, 0.15) is 5.82 Å². The smallest absolute Gasteiger partial charge is 0.179 e. The molecular formula is C7H6ClN3. The molecule has 0 spiro atoms. The molecule has 0 unspecified atom stereocenters. The maximum atomic E-state index is 5.66. The number of hydrogen-bond acceptors (Lipinski definition) is 2. The lowest BCUT2D eigenvalue weighted by Gasteiger charge is -1.86. The van der Waals surface area contributed by atoms with Crippen molar-refractivity contribution in [3.63, 3.8) is 0 Å². The summed E-state index contributed by atoms with van der Waals surface area (Å²) in [7, 11) is 0. The number of imidazole rings is 1. The van der Waals surface area contributed by atoms with Gasteiger partial charge in [0.1, 0.15) is 11.0 Å². The average molecular weight is 168 g/mol. The van der Waals surface area contributed by atoms with Crippen molar-refractivity contribution in [1.82, 2.24) is 15.0 Å². The molecule has 0 atom stereocenters. The number of aromatic amines is 1. The van der Waals surface area contributed by atoms with E-state index in [1.165, 1.54) is 0 Å². The summed E-state index contributed by atoms with van der Waals surface area (Å²) in [4.78, 5) is 11.2. The summed E-state index contributed by atoms with van der Waals surface area (Å²) >= 11 is 5.66. The van der Waals surface area contributed by atoms with Crippen molar-refractivity contribution in [2.75, 3.05) is 0 Å². The largest absolute Gasteiger partial charge is 0.341 e. The predicted octanol–water partition coefficient (Wildman–Crippen LogP) is 1.92. The number of rotatable bonds is 0. The van der Waals surface area contributed by atoms with Crippen LogP contribution in [-0.2, 0) is 0 Å². The molecule has 11 heavy (non-hydrogen) atoms. The summed E-state index contributed by atoms with van der Waals surface area (Å²) in [5.41, 5.74) is 1.60. The Bertz CT molecular complexity index is 393. The van der Waals surface area contributed by atoms with E-state index >= 15 is 0 Å². The average Bonchev–Trinajstić information content (AvgIpc) is 2.27. The molecule has 0 saturated carbocycles. The first-order valence-corrected chi connectivity index (χ1v) is 3.62. The molecule has 0 bridgehead atoms. The zero-order valence-electron chi connectivity index (χ0n) is 5.93. The maximum absolute atomic E-state index is 5.66. The maximum Gasteiger partial charge on any atom is 0.179 e. The number of nitrogens with one attached hydrogen (secondary N) is 1. The van der Waals surface area contributed by atoms with Gasteiger partial charge in [-0.25, -0.2) is 9.97 Å². The fraction of sp³-hybridized carbons (Fsp3) is 0.143. The third-order valence-electron chi connectivity index (χ3n) is 1.43. The van der Waals surface area contributed by atoms with Gasteiger partial charge >= 0.3 is 0 Å². The van der Waals surface area contributed by atoms with Gasteiger partial charge in [0, 0.05) is 0 Å². The molecule has 0 aliphatic heterocycles. The molecule has 3 nitrogen and oxygen atoms in total. The highest BCUT2D eigenvalue weighted by atomic mass is 35.5. The quantitative estimate of drug-likeness (QED) is 0.609. The summed E-state index contributed by atoms with van der Waals surface area (Å²) in [6.07, 6.45) is 0. The summed E-state index contributed by atoms with van der Waals surface area (Å²) < 4.78 is 0. The molecule has 0 amide bonds. The highest BCUT2D eigenvalue weighted by molar-refractivity contribution is 6.29. The minimum atomic E-state index is 0.476. The Labute approximate surface area is 68.4 Å². The molecule has 2 aromatic rings. The minimum Gasteiger partial charge on any atom is -0.341 e. The lowest BCUT2D eigenvalue weighted by molar-refractivity contribution is 1.16. The number of aromatic nitrogens is 3. The van der Waals surface area contributed by atoms with Crippen LogP contribution in [0.3, 0.4) is 0 Å². The van der Waals surface area contributed by atoms with Gasteiger partial charge in [0.25, 0.3) is 0 Å². The molecule has 56 valence electrons. The topological polar surface area (TPSA) is 41.6 Å². The molecule has 0 saturated heterocycles. The van der Waals surface area contributed by atoms with Crippen LogP contribution in [0.4, 0.5) is 0 Å². The van der Waals surface area contributed by atoms with Gasteiger partial charge in [-0.05, 0) is 19.1 Å². The van der Waals surface area contributed by atoms with Gasteiger partial charge in [-0.1, -0.05) is 11.6 Å². The van der Waals surface area contributed by atoms with Gasteiger partial charge in [-0.3, -0.25) is 0 Å². The number of pyridine rings is 1. The highest BCUT2D eigenvalue weighted by Crippen LogP contribution is 2.11. The third kappa shape index (κ3) is 1.07. The van der Waals surface area contributed by atoms with E-state index < -0.39 is 0 Å². The second kappa shape index (κ2) is 2.20. The van der Waals surface area contributed by atoms with Gasteiger partial charge in [0.15, 0.2) is 5.65 Å². The minimum absolute atomic E-state index is 0.476. The Morgan fingerprint density at radius 3 is 3.00 bits per heavy atom. The first-order chi connectivity index (χ1) is 5.25. The lowest BCUT2D eigenvalue weighted by atomic mass is 10.4. The molecule has 0 aliphatic rings. The zero-order valence-corrected chi connectivity index (χ0v) is 6.68. The van der Waals surface area contributed by atoms with Crippen LogP contribution in [0.25, 0.3) is 11.2 Å². The number of H-pyrrole nitrogens is 1. The number of fused-ring (bicyclic) bond motifs is 1. The predicted molar refractivity (Wildman–Crippen MR) is 43.6 cm³/mol. The lowest BCUT2D eigenvalue weighted by Crippen LogP contribution is -1.76. The van der Waals surface area contributed by atoms with Crippen LogP contribution in [-0.4, -0.2) is 15.0 Å². The van der Waals surface area contributed by atoms with Gasteiger partial charge in [0.05, 0.1) is 5.52 Å². The van der Waals surface area contributed by atoms with E-state index in [9.17, 15) is 0 Å². The van der Waals surface area contributed by atoms with Crippen LogP contribution in [0.15, 0.2) is 12.1 Å². The van der Waals surface area contributed by atoms with Crippen molar-refractivity contribution < 1.29 is 0 Å². The SMILES string of the molecule is Cc1nc2nc(Cl)ccc2[nH]1. The fourth-order valence-electron chi connectivity index (χ4n) is 0.990. The van der Waals surface area contributed by atoms with Gasteiger partial charge in [-0.2, -0.15) is 0 Å². The van der Waals surface area contributed by atoms with Crippen molar-refractivity contribution >= 4 is 22.8 Å². The second-order valence-corrected chi connectivity index (χ2v) is 2.71. The highest BCUT2D eigenvalue weighted by Gasteiger charge is 1.99. The number of nitrogens with zero attached hydrogens (tertiary/aromatic N) is 2. The molecular weight excluding hydrogens is 162 g/mol. The molecule has 0 aromatic carbocycles. The number of hydrogen-bond donors (Lipinski definition) is 1. The van der Waals surface area contributed by atoms with Crippen LogP contribution >= 0.6 is 11.6 Å². The first kappa shape index (κ1) is 6.61. The monoisotopic (exact) mass is 167 g/mol. The normalized spacial score (nSPS) is 10.7. The Kier molecular flexibility index (Phi) is 1.32. The summed E-state index contributed by atoms with van der Waals surface area (Å²) in [6.45, 7) is 1.88. The summed E-state index contributed by atoms with van der Waals surface area (Å²) in [5.74, 6) is 0.856. The van der Waals surface area contributed by atoms with Crippen LogP contribution in [0.2, 0.25) is 5.15 Å². The van der Waals surface area contributed by atoms with E-state index in [4.69, 9.17) is 11.6 Å². The van der Waals surface area contributed by atoms with Crippen molar-refractivity contribution in [2.24, 2.45) is 0 Å². The number of halogens is 1. The molecule has 4 heteroatoms. The second-order valence-electron chi connectivity index (χ2n) is 2.33. The molecule has 2 rings (SSSR count). The van der Waals surface area contributed by atoms with Gasteiger partial charge in [-0.15, -0.1) is 0 Å². The molecule has 0 radical (unpaired) electrons. The van der Waals surface area contributed by atoms with E-state index in [0.717, 1.165) is 11.3 Å². The van der Waals surface area contributed by atoms with E-state index in [0.29, 0.717) is 10.8 Å². The van der Waals surface area contributed by atoms with E-state index in [-0.39, 0.29) is 0 Å². The molecule has 2 heterocycles. The van der Waals surface area contributed by atoms with Crippen molar-refractivity contribution in [2.45, 2.75) is 6.92 Å². The Morgan fingerprint density at radius 1 is 1.36 bits per heavy atom. The molecule has 0 fully saturated rings. The standard InChI is InChI=1S/C7H6ClN3/c1-4-9-5-2-3-6(8)11-7(5)10-4/h2-3H,1H3,(H,9,10,11). The van der Waals surface area contributed by atoms with Crippen LogP contribution < -0.4 is 0 Å². The summed E-state index contributed by atoms with van der Waals surface area (Å²) in [6, 6.07) is 3.60. The number of aryl methyl sites for hydroxylation is 1. The van der Waals surface area contributed by atoms with Crippen molar-refractivity contribution in [3.05, 3.63) is 23.1 Å². The van der Waals surface area contributed by atoms with Crippen molar-refractivity contribution in [3.8, 4) is 0 Å². The van der Waals surface area contributed by atoms with E-state index in [2.05, 4.69) is 15.0 Å².